The molecule has 0 unspecified atom stereocenters. The zero-order chi connectivity index (χ0) is 20.2. The molecule has 6 rings (SSSR count). The van der Waals surface area contributed by atoms with Crippen LogP contribution in [-0.4, -0.2) is 34.7 Å². The molecule has 0 saturated heterocycles. The number of pyridine rings is 2. The lowest BCUT2D eigenvalue weighted by atomic mass is 10.1. The Kier molecular flexibility index (Phi) is 3.43. The summed E-state index contributed by atoms with van der Waals surface area (Å²) in [6, 6.07) is 8.05. The summed E-state index contributed by atoms with van der Waals surface area (Å²) in [6.45, 7) is 1.97. The summed E-state index contributed by atoms with van der Waals surface area (Å²) in [5.74, 6) is 0.938. The molecule has 0 aliphatic heterocycles. The molecule has 0 atom stereocenters. The highest BCUT2D eigenvalue weighted by Crippen LogP contribution is 2.34. The van der Waals surface area contributed by atoms with Gasteiger partial charge in [-0.05, 0) is 36.8 Å². The van der Waals surface area contributed by atoms with E-state index in [0.29, 0.717) is 0 Å². The molecule has 0 bridgehead atoms. The standard InChI is InChI=1S/C22H17N7O/c1-12-24-10-20(29(12)2)17-8-16-19(9-25-17)27-28-21(16)18-7-15-14(13-4-6-30-11-13)3-5-23-22(15)26-18/h3-11H,1-2H3,(H,23,26)(H,27,28). The van der Waals surface area contributed by atoms with Gasteiger partial charge < -0.3 is 14.0 Å². The van der Waals surface area contributed by atoms with Gasteiger partial charge in [0.1, 0.15) is 17.2 Å². The number of nitrogens with one attached hydrogen (secondary N) is 2. The van der Waals surface area contributed by atoms with Gasteiger partial charge in [-0.3, -0.25) is 10.1 Å². The van der Waals surface area contributed by atoms with Crippen LogP contribution in [0.15, 0.2) is 59.8 Å². The molecule has 0 amide bonds. The van der Waals surface area contributed by atoms with Crippen molar-refractivity contribution in [1.29, 1.82) is 0 Å². The molecule has 0 aliphatic rings. The van der Waals surface area contributed by atoms with Crippen molar-refractivity contribution in [2.24, 2.45) is 7.05 Å². The van der Waals surface area contributed by atoms with Crippen LogP contribution in [0.2, 0.25) is 0 Å². The quantitative estimate of drug-likeness (QED) is 0.460. The molecule has 8 nitrogen and oxygen atoms in total. The van der Waals surface area contributed by atoms with Crippen LogP contribution in [0.4, 0.5) is 0 Å². The SMILES string of the molecule is Cc1ncc(-c2cc3c(-c4cc5c(-c6ccoc6)ccnc5[nH]4)n[nH]c3cn2)n1C. The van der Waals surface area contributed by atoms with Crippen LogP contribution in [0.1, 0.15) is 5.82 Å². The van der Waals surface area contributed by atoms with E-state index in [1.807, 2.05) is 42.9 Å². The molecule has 6 aromatic rings. The third kappa shape index (κ3) is 2.40. The Morgan fingerprint density at radius 3 is 2.77 bits per heavy atom. The second kappa shape index (κ2) is 6.15. The van der Waals surface area contributed by atoms with Crippen LogP contribution in [0.25, 0.3) is 55.8 Å². The van der Waals surface area contributed by atoms with Gasteiger partial charge in [-0.1, -0.05) is 0 Å². The molecular formula is C22H17N7O. The van der Waals surface area contributed by atoms with Crippen molar-refractivity contribution < 1.29 is 4.42 Å². The highest BCUT2D eigenvalue weighted by Gasteiger charge is 2.16. The predicted molar refractivity (Wildman–Crippen MR) is 114 cm³/mol. The van der Waals surface area contributed by atoms with Crippen LogP contribution in [0.5, 0.6) is 0 Å². The normalized spacial score (nSPS) is 11.7. The smallest absolute Gasteiger partial charge is 0.138 e. The number of aromatic nitrogens is 7. The second-order valence-electron chi connectivity index (χ2n) is 7.25. The molecule has 146 valence electrons. The molecule has 0 fully saturated rings. The van der Waals surface area contributed by atoms with E-state index in [-0.39, 0.29) is 0 Å². The Balaban J connectivity index is 1.53. The number of aryl methyl sites for hydroxylation is 1. The number of H-pyrrole nitrogens is 2. The summed E-state index contributed by atoms with van der Waals surface area (Å²) in [5, 5.41) is 9.63. The molecule has 2 N–H and O–H groups in total. The largest absolute Gasteiger partial charge is 0.472 e. The average Bonchev–Trinajstić information content (AvgIpc) is 3.54. The fourth-order valence-electron chi connectivity index (χ4n) is 3.83. The van der Waals surface area contributed by atoms with Gasteiger partial charge in [-0.2, -0.15) is 5.10 Å². The van der Waals surface area contributed by atoms with Crippen LogP contribution < -0.4 is 0 Å². The van der Waals surface area contributed by atoms with Gasteiger partial charge in [0, 0.05) is 29.6 Å². The molecule has 0 spiro atoms. The molecule has 0 radical (unpaired) electrons. The first kappa shape index (κ1) is 16.7. The third-order valence-electron chi connectivity index (χ3n) is 5.55. The van der Waals surface area contributed by atoms with Crippen LogP contribution in [-0.2, 0) is 7.05 Å². The van der Waals surface area contributed by atoms with Gasteiger partial charge in [-0.25, -0.2) is 9.97 Å². The predicted octanol–water partition coefficient (Wildman–Crippen LogP) is 4.47. The first-order valence-electron chi connectivity index (χ1n) is 9.52. The molecule has 30 heavy (non-hydrogen) atoms. The van der Waals surface area contributed by atoms with E-state index in [2.05, 4.69) is 36.2 Å². The maximum atomic E-state index is 5.26. The van der Waals surface area contributed by atoms with Gasteiger partial charge in [0.25, 0.3) is 0 Å². The van der Waals surface area contributed by atoms with E-state index in [1.165, 1.54) is 0 Å². The lowest BCUT2D eigenvalue weighted by Gasteiger charge is -2.03. The fourth-order valence-corrected chi connectivity index (χ4v) is 3.83. The lowest BCUT2D eigenvalue weighted by molar-refractivity contribution is 0.568. The van der Waals surface area contributed by atoms with Crippen LogP contribution in [0.3, 0.4) is 0 Å². The molecule has 8 heteroatoms. The minimum atomic E-state index is 0.802. The van der Waals surface area contributed by atoms with Gasteiger partial charge in [0.05, 0.1) is 47.5 Å². The van der Waals surface area contributed by atoms with E-state index < -0.39 is 0 Å². The number of fused-ring (bicyclic) bond motifs is 2. The highest BCUT2D eigenvalue weighted by atomic mass is 16.3. The van der Waals surface area contributed by atoms with Crippen molar-refractivity contribution in [3.8, 4) is 33.9 Å². The average molecular weight is 395 g/mol. The van der Waals surface area contributed by atoms with Gasteiger partial charge in [0.15, 0.2) is 0 Å². The first-order valence-corrected chi connectivity index (χ1v) is 9.52. The van der Waals surface area contributed by atoms with E-state index in [1.54, 1.807) is 24.9 Å². The number of nitrogens with zero attached hydrogens (tertiary/aromatic N) is 5. The number of furan rings is 1. The Morgan fingerprint density at radius 1 is 1.03 bits per heavy atom. The molecule has 0 aliphatic carbocycles. The number of imidazole rings is 1. The van der Waals surface area contributed by atoms with Gasteiger partial charge in [0.2, 0.25) is 0 Å². The number of aromatic amines is 2. The molecule has 0 aromatic carbocycles. The van der Waals surface area contributed by atoms with E-state index >= 15 is 0 Å². The molecule has 6 aromatic heterocycles. The van der Waals surface area contributed by atoms with Crippen molar-refractivity contribution in [2.45, 2.75) is 6.92 Å². The van der Waals surface area contributed by atoms with Gasteiger partial charge in [-0.15, -0.1) is 0 Å². The fraction of sp³-hybridized carbons (Fsp3) is 0.0909. The summed E-state index contributed by atoms with van der Waals surface area (Å²) in [5.41, 5.74) is 7.26. The van der Waals surface area contributed by atoms with Crippen molar-refractivity contribution >= 4 is 21.9 Å². The third-order valence-corrected chi connectivity index (χ3v) is 5.55. The summed E-state index contributed by atoms with van der Waals surface area (Å²) >= 11 is 0. The molecule has 0 saturated carbocycles. The van der Waals surface area contributed by atoms with Crippen molar-refractivity contribution in [2.75, 3.05) is 0 Å². The van der Waals surface area contributed by atoms with Crippen LogP contribution in [0, 0.1) is 6.92 Å². The van der Waals surface area contributed by atoms with Crippen LogP contribution >= 0.6 is 0 Å². The minimum Gasteiger partial charge on any atom is -0.472 e. The summed E-state index contributed by atoms with van der Waals surface area (Å²) in [4.78, 5) is 16.9. The molecule has 6 heterocycles. The van der Waals surface area contributed by atoms with E-state index in [4.69, 9.17) is 4.42 Å². The zero-order valence-corrected chi connectivity index (χ0v) is 16.3. The lowest BCUT2D eigenvalue weighted by Crippen LogP contribution is -1.95. The summed E-state index contributed by atoms with van der Waals surface area (Å²) in [6.07, 6.45) is 8.85. The number of hydrogen-bond donors (Lipinski definition) is 2. The Morgan fingerprint density at radius 2 is 1.97 bits per heavy atom. The monoisotopic (exact) mass is 395 g/mol. The Bertz CT molecular complexity index is 1520. The summed E-state index contributed by atoms with van der Waals surface area (Å²) < 4.78 is 7.28. The number of hydrogen-bond acceptors (Lipinski definition) is 5. The van der Waals surface area contributed by atoms with Crippen molar-refractivity contribution in [3.05, 3.63) is 61.2 Å². The maximum Gasteiger partial charge on any atom is 0.138 e. The molecular weight excluding hydrogens is 378 g/mol. The van der Waals surface area contributed by atoms with Gasteiger partial charge >= 0.3 is 0 Å². The number of rotatable bonds is 3. The highest BCUT2D eigenvalue weighted by molar-refractivity contribution is 6.00. The summed E-state index contributed by atoms with van der Waals surface area (Å²) in [7, 11) is 1.99. The van der Waals surface area contributed by atoms with E-state index in [9.17, 15) is 0 Å². The van der Waals surface area contributed by atoms with E-state index in [0.717, 1.165) is 61.7 Å². The minimum absolute atomic E-state index is 0.802. The Hall–Kier alpha value is -4.20. The topological polar surface area (TPSA) is 101 Å². The van der Waals surface area contributed by atoms with Crippen molar-refractivity contribution in [3.63, 3.8) is 0 Å². The Labute approximate surface area is 170 Å². The zero-order valence-electron chi connectivity index (χ0n) is 16.3. The van der Waals surface area contributed by atoms with Crippen molar-refractivity contribution in [1.82, 2.24) is 34.7 Å². The maximum absolute atomic E-state index is 5.26. The first-order chi connectivity index (χ1) is 14.7. The second-order valence-corrected chi connectivity index (χ2v) is 7.25.